The number of hydrogen-bond acceptors (Lipinski definition) is 8. The third-order valence-corrected chi connectivity index (χ3v) is 4.76. The molecule has 0 spiro atoms. The van der Waals surface area contributed by atoms with Crippen LogP contribution in [0.2, 0.25) is 0 Å². The Kier molecular flexibility index (Phi) is 9.41. The molecule has 166 valence electrons. The fraction of sp³-hybridized carbons (Fsp3) is 0.500. The van der Waals surface area contributed by atoms with Gasteiger partial charge in [-0.3, -0.25) is 4.79 Å². The van der Waals surface area contributed by atoms with Gasteiger partial charge in [-0.15, -0.1) is 0 Å². The average molecular weight is 488 g/mol. The molecular weight excluding hydrogens is 462 g/mol. The summed E-state index contributed by atoms with van der Waals surface area (Å²) in [7, 11) is 4.47. The molecule has 1 aliphatic heterocycles. The van der Waals surface area contributed by atoms with Crippen molar-refractivity contribution < 1.29 is 38.0 Å². The van der Waals surface area contributed by atoms with Crippen molar-refractivity contribution in [3.63, 3.8) is 0 Å². The Morgan fingerprint density at radius 2 is 1.83 bits per heavy atom. The highest BCUT2D eigenvalue weighted by Gasteiger charge is 2.26. The SMILES string of the molecule is COCOc1cc2c(OCOC)c(c1OC)CC(C)OC(=O)/C(Br)=C\CCC(=O)N2. The van der Waals surface area contributed by atoms with Crippen molar-refractivity contribution in [1.29, 1.82) is 0 Å². The van der Waals surface area contributed by atoms with E-state index in [-0.39, 0.29) is 36.8 Å². The summed E-state index contributed by atoms with van der Waals surface area (Å²) in [4.78, 5) is 24.8. The number of rotatable bonds is 7. The van der Waals surface area contributed by atoms with Crippen LogP contribution in [0.1, 0.15) is 25.3 Å². The number of carbonyl (C=O) groups is 2. The second-order valence-electron chi connectivity index (χ2n) is 6.42. The fourth-order valence-electron chi connectivity index (χ4n) is 2.89. The highest BCUT2D eigenvalue weighted by Crippen LogP contribution is 2.44. The van der Waals surface area contributed by atoms with Gasteiger partial charge in [-0.05, 0) is 29.3 Å². The van der Waals surface area contributed by atoms with E-state index in [0.29, 0.717) is 34.9 Å². The van der Waals surface area contributed by atoms with Crippen LogP contribution in [-0.4, -0.2) is 52.9 Å². The average Bonchev–Trinajstić information content (AvgIpc) is 2.71. The minimum atomic E-state index is -0.528. The third kappa shape index (κ3) is 6.35. The molecule has 1 aromatic carbocycles. The maximum Gasteiger partial charge on any atom is 0.345 e. The van der Waals surface area contributed by atoms with Crippen LogP contribution >= 0.6 is 15.9 Å². The second-order valence-corrected chi connectivity index (χ2v) is 7.28. The van der Waals surface area contributed by atoms with E-state index in [1.165, 1.54) is 21.3 Å². The molecule has 1 heterocycles. The van der Waals surface area contributed by atoms with Crippen molar-refractivity contribution in [2.24, 2.45) is 0 Å². The number of hydrogen-bond donors (Lipinski definition) is 1. The summed E-state index contributed by atoms with van der Waals surface area (Å²) in [5, 5.41) is 2.84. The molecule has 2 bridgehead atoms. The van der Waals surface area contributed by atoms with Crippen LogP contribution in [-0.2, 0) is 30.2 Å². The molecule has 1 unspecified atom stereocenters. The number of allylic oxidation sites excluding steroid dienone is 1. The monoisotopic (exact) mass is 487 g/mol. The molecule has 1 aliphatic rings. The molecule has 1 N–H and O–H groups in total. The molecular formula is C20H26BrNO8. The van der Waals surface area contributed by atoms with Gasteiger partial charge in [0.2, 0.25) is 5.91 Å². The van der Waals surface area contributed by atoms with Gasteiger partial charge in [0.1, 0.15) is 6.10 Å². The Hall–Kier alpha value is -2.30. The van der Waals surface area contributed by atoms with Crippen LogP contribution in [0.3, 0.4) is 0 Å². The van der Waals surface area contributed by atoms with Crippen LogP contribution in [0.25, 0.3) is 0 Å². The third-order valence-electron chi connectivity index (χ3n) is 4.11. The van der Waals surface area contributed by atoms with Crippen molar-refractivity contribution in [2.75, 3.05) is 40.2 Å². The van der Waals surface area contributed by atoms with Gasteiger partial charge >= 0.3 is 5.97 Å². The van der Waals surface area contributed by atoms with Gasteiger partial charge in [0.15, 0.2) is 30.8 Å². The molecule has 10 heteroatoms. The number of amides is 1. The van der Waals surface area contributed by atoms with Gasteiger partial charge in [0.05, 0.1) is 17.3 Å². The number of anilines is 1. The number of nitrogens with one attached hydrogen (secondary N) is 1. The Morgan fingerprint density at radius 3 is 2.50 bits per heavy atom. The van der Waals surface area contributed by atoms with Crippen molar-refractivity contribution in [3.05, 3.63) is 22.2 Å². The first-order valence-electron chi connectivity index (χ1n) is 9.25. The van der Waals surface area contributed by atoms with E-state index in [0.717, 1.165) is 0 Å². The van der Waals surface area contributed by atoms with Gasteiger partial charge in [-0.1, -0.05) is 6.08 Å². The quantitative estimate of drug-likeness (QED) is 0.462. The lowest BCUT2D eigenvalue weighted by Gasteiger charge is -2.23. The zero-order valence-electron chi connectivity index (χ0n) is 17.4. The Balaban J connectivity index is 2.61. The number of benzene rings is 1. The summed E-state index contributed by atoms with van der Waals surface area (Å²) < 4.78 is 32.8. The largest absolute Gasteiger partial charge is 0.492 e. The highest BCUT2D eigenvalue weighted by molar-refractivity contribution is 9.12. The molecule has 0 saturated heterocycles. The van der Waals surface area contributed by atoms with Crippen LogP contribution in [0.4, 0.5) is 5.69 Å². The van der Waals surface area contributed by atoms with Gasteiger partial charge in [0, 0.05) is 38.7 Å². The maximum absolute atomic E-state index is 12.5. The van der Waals surface area contributed by atoms with E-state index in [1.54, 1.807) is 19.1 Å². The first-order chi connectivity index (χ1) is 14.4. The predicted octanol–water partition coefficient (Wildman–Crippen LogP) is 3.15. The smallest absolute Gasteiger partial charge is 0.345 e. The number of fused-ring (bicyclic) bond motifs is 2. The summed E-state index contributed by atoms with van der Waals surface area (Å²) in [5.41, 5.74) is 0.942. The van der Waals surface area contributed by atoms with Gasteiger partial charge in [-0.2, -0.15) is 0 Å². The van der Waals surface area contributed by atoms with Crippen LogP contribution in [0.15, 0.2) is 16.6 Å². The topological polar surface area (TPSA) is 102 Å². The molecule has 30 heavy (non-hydrogen) atoms. The van der Waals surface area contributed by atoms with E-state index >= 15 is 0 Å². The molecule has 1 atom stereocenters. The Labute approximate surface area is 183 Å². The number of ether oxygens (including phenoxy) is 6. The standard InChI is InChI=1S/C20H26BrNO8/c1-12-8-13-18(29-11-26-3)15(9-16(19(13)27-4)28-10-25-2)22-17(23)7-5-6-14(21)20(24)30-12/h6,9,12H,5,7-8,10-11H2,1-4H3,(H,22,23)/b14-6+. The summed E-state index contributed by atoms with van der Waals surface area (Å²) in [5.74, 6) is 0.294. The number of carbonyl (C=O) groups excluding carboxylic acids is 2. The molecule has 0 radical (unpaired) electrons. The zero-order chi connectivity index (χ0) is 22.1. The molecule has 0 aromatic heterocycles. The van der Waals surface area contributed by atoms with E-state index < -0.39 is 12.1 Å². The van der Waals surface area contributed by atoms with E-state index in [4.69, 9.17) is 28.4 Å². The summed E-state index contributed by atoms with van der Waals surface area (Å²) >= 11 is 3.20. The molecule has 1 amide bonds. The maximum atomic E-state index is 12.5. The number of esters is 1. The molecule has 1 aromatic rings. The van der Waals surface area contributed by atoms with E-state index in [1.807, 2.05) is 0 Å². The van der Waals surface area contributed by atoms with Crippen LogP contribution in [0.5, 0.6) is 17.2 Å². The van der Waals surface area contributed by atoms with Crippen LogP contribution in [0, 0.1) is 0 Å². The van der Waals surface area contributed by atoms with Gasteiger partial charge in [0.25, 0.3) is 0 Å². The first-order valence-corrected chi connectivity index (χ1v) is 10.0. The van der Waals surface area contributed by atoms with Crippen molar-refractivity contribution in [3.8, 4) is 17.2 Å². The number of halogens is 1. The van der Waals surface area contributed by atoms with E-state index in [2.05, 4.69) is 21.2 Å². The van der Waals surface area contributed by atoms with Crippen molar-refractivity contribution in [2.45, 2.75) is 32.3 Å². The number of methoxy groups -OCH3 is 3. The lowest BCUT2D eigenvalue weighted by molar-refractivity contribution is -0.142. The summed E-state index contributed by atoms with van der Waals surface area (Å²) in [6.45, 7) is 1.67. The molecule has 0 fully saturated rings. The minimum absolute atomic E-state index is 0.0249. The Morgan fingerprint density at radius 1 is 1.13 bits per heavy atom. The fourth-order valence-corrected chi connectivity index (χ4v) is 3.21. The Bertz CT molecular complexity index is 796. The highest BCUT2D eigenvalue weighted by atomic mass is 79.9. The van der Waals surface area contributed by atoms with Gasteiger partial charge < -0.3 is 33.7 Å². The van der Waals surface area contributed by atoms with Crippen molar-refractivity contribution >= 4 is 33.5 Å². The van der Waals surface area contributed by atoms with Crippen molar-refractivity contribution in [1.82, 2.24) is 0 Å². The number of cyclic esters (lactones) is 1. The minimum Gasteiger partial charge on any atom is -0.492 e. The zero-order valence-corrected chi connectivity index (χ0v) is 19.0. The lowest BCUT2D eigenvalue weighted by Crippen LogP contribution is -2.19. The first kappa shape index (κ1) is 24.0. The molecule has 0 aliphatic carbocycles. The second kappa shape index (κ2) is 11.8. The molecule has 9 nitrogen and oxygen atoms in total. The molecule has 0 saturated carbocycles. The molecule has 2 rings (SSSR count). The van der Waals surface area contributed by atoms with E-state index in [9.17, 15) is 9.59 Å². The summed E-state index contributed by atoms with van der Waals surface area (Å²) in [6.07, 6.45) is 1.82. The van der Waals surface area contributed by atoms with Gasteiger partial charge in [-0.25, -0.2) is 4.79 Å². The summed E-state index contributed by atoms with van der Waals surface area (Å²) in [6, 6.07) is 1.60. The predicted molar refractivity (Wildman–Crippen MR) is 112 cm³/mol. The van der Waals surface area contributed by atoms with Crippen LogP contribution < -0.4 is 19.5 Å². The normalized spacial score (nSPS) is 19.2. The lowest BCUT2D eigenvalue weighted by atomic mass is 10.0.